The third-order valence-corrected chi connectivity index (χ3v) is 2.46. The van der Waals surface area contributed by atoms with Crippen molar-refractivity contribution >= 4 is 11.7 Å². The van der Waals surface area contributed by atoms with Gasteiger partial charge < -0.3 is 10.2 Å². The van der Waals surface area contributed by atoms with Crippen LogP contribution in [0.25, 0.3) is 0 Å². The Labute approximate surface area is 102 Å². The molecule has 0 saturated heterocycles. The first-order chi connectivity index (χ1) is 7.91. The fraction of sp³-hybridized carbons (Fsp3) is 0.583. The van der Waals surface area contributed by atoms with E-state index >= 15 is 0 Å². The van der Waals surface area contributed by atoms with Crippen LogP contribution in [0.1, 0.15) is 32.4 Å². The highest BCUT2D eigenvalue weighted by molar-refractivity contribution is 5.83. The lowest BCUT2D eigenvalue weighted by atomic mass is 10.1. The topological polar surface area (TPSA) is 58.1 Å². The van der Waals surface area contributed by atoms with E-state index in [1.54, 1.807) is 19.0 Å². The molecule has 1 atom stereocenters. The van der Waals surface area contributed by atoms with E-state index in [9.17, 15) is 4.79 Å². The van der Waals surface area contributed by atoms with Crippen LogP contribution in [0, 0.1) is 0 Å². The summed E-state index contributed by atoms with van der Waals surface area (Å²) in [6, 6.07) is 1.59. The van der Waals surface area contributed by atoms with Crippen molar-refractivity contribution in [2.75, 3.05) is 19.4 Å². The van der Waals surface area contributed by atoms with Crippen LogP contribution in [0.15, 0.2) is 12.4 Å². The van der Waals surface area contributed by atoms with Gasteiger partial charge in [-0.15, -0.1) is 0 Å². The van der Waals surface area contributed by atoms with Crippen molar-refractivity contribution in [3.05, 3.63) is 18.1 Å². The highest BCUT2D eigenvalue weighted by atomic mass is 16.2. The monoisotopic (exact) mass is 236 g/mol. The molecule has 94 valence electrons. The number of hydrogen-bond donors (Lipinski definition) is 1. The van der Waals surface area contributed by atoms with Gasteiger partial charge in [0.25, 0.3) is 0 Å². The third kappa shape index (κ3) is 3.69. The molecule has 0 aliphatic carbocycles. The highest BCUT2D eigenvalue weighted by Crippen LogP contribution is 2.14. The summed E-state index contributed by atoms with van der Waals surface area (Å²) in [6.45, 7) is 5.96. The predicted molar refractivity (Wildman–Crippen MR) is 67.9 cm³/mol. The number of nitrogens with zero attached hydrogens (tertiary/aromatic N) is 3. The second-order valence-corrected chi connectivity index (χ2v) is 4.58. The van der Waals surface area contributed by atoms with Gasteiger partial charge in [0.15, 0.2) is 0 Å². The zero-order valence-corrected chi connectivity index (χ0v) is 11.1. The van der Waals surface area contributed by atoms with Gasteiger partial charge in [0.2, 0.25) is 5.91 Å². The van der Waals surface area contributed by atoms with Crippen molar-refractivity contribution in [2.24, 2.45) is 0 Å². The van der Waals surface area contributed by atoms with Gasteiger partial charge in [-0.3, -0.25) is 4.79 Å². The van der Waals surface area contributed by atoms with Crippen molar-refractivity contribution in [2.45, 2.75) is 32.7 Å². The van der Waals surface area contributed by atoms with Crippen LogP contribution in [-0.4, -0.2) is 40.9 Å². The number of hydrogen-bond acceptors (Lipinski definition) is 4. The Morgan fingerprint density at radius 3 is 2.47 bits per heavy atom. The standard InChI is InChI=1S/C12H20N4O/c1-8(2)10-6-11(14-7-13-10)15-9(3)12(17)16(4)5/h6-9H,1-5H3,(H,13,14,15). The zero-order chi connectivity index (χ0) is 13.0. The van der Waals surface area contributed by atoms with Crippen molar-refractivity contribution < 1.29 is 4.79 Å². The first-order valence-corrected chi connectivity index (χ1v) is 5.71. The molecule has 1 heterocycles. The fourth-order valence-electron chi connectivity index (χ4n) is 1.44. The van der Waals surface area contributed by atoms with Crippen LogP contribution in [0.5, 0.6) is 0 Å². The van der Waals surface area contributed by atoms with Gasteiger partial charge in [-0.2, -0.15) is 0 Å². The van der Waals surface area contributed by atoms with Crippen LogP contribution in [0.4, 0.5) is 5.82 Å². The zero-order valence-electron chi connectivity index (χ0n) is 11.1. The summed E-state index contributed by atoms with van der Waals surface area (Å²) in [5, 5.41) is 3.08. The normalized spacial score (nSPS) is 12.4. The number of likely N-dealkylation sites (N-methyl/N-ethyl adjacent to an activating group) is 1. The molecule has 0 saturated carbocycles. The smallest absolute Gasteiger partial charge is 0.244 e. The van der Waals surface area contributed by atoms with Gasteiger partial charge in [-0.25, -0.2) is 9.97 Å². The molecule has 1 rings (SSSR count). The van der Waals surface area contributed by atoms with Gasteiger partial charge in [0.1, 0.15) is 18.2 Å². The SMILES string of the molecule is CC(Nc1cc(C(C)C)ncn1)C(=O)N(C)C. The maximum Gasteiger partial charge on any atom is 0.244 e. The van der Waals surface area contributed by atoms with Gasteiger partial charge >= 0.3 is 0 Å². The summed E-state index contributed by atoms with van der Waals surface area (Å²) in [5.74, 6) is 1.06. The molecule has 1 aromatic heterocycles. The number of amides is 1. The molecular formula is C12H20N4O. The molecule has 0 spiro atoms. The van der Waals surface area contributed by atoms with Crippen LogP contribution in [0.3, 0.4) is 0 Å². The first-order valence-electron chi connectivity index (χ1n) is 5.71. The summed E-state index contributed by atoms with van der Waals surface area (Å²) in [7, 11) is 3.47. The number of carbonyl (C=O) groups excluding carboxylic acids is 1. The summed E-state index contributed by atoms with van der Waals surface area (Å²) >= 11 is 0. The number of carbonyl (C=O) groups is 1. The lowest BCUT2D eigenvalue weighted by molar-refractivity contribution is -0.129. The minimum Gasteiger partial charge on any atom is -0.359 e. The summed E-state index contributed by atoms with van der Waals surface area (Å²) in [6.07, 6.45) is 1.52. The molecule has 0 fully saturated rings. The average molecular weight is 236 g/mol. The molecule has 0 bridgehead atoms. The highest BCUT2D eigenvalue weighted by Gasteiger charge is 2.15. The third-order valence-electron chi connectivity index (χ3n) is 2.46. The second-order valence-electron chi connectivity index (χ2n) is 4.58. The average Bonchev–Trinajstić information content (AvgIpc) is 2.28. The largest absolute Gasteiger partial charge is 0.359 e. The Balaban J connectivity index is 2.75. The fourth-order valence-corrected chi connectivity index (χ4v) is 1.44. The maximum absolute atomic E-state index is 11.7. The quantitative estimate of drug-likeness (QED) is 0.860. The Bertz CT molecular complexity index is 390. The molecule has 0 aliphatic rings. The molecule has 17 heavy (non-hydrogen) atoms. The van der Waals surface area contributed by atoms with Crippen molar-refractivity contribution in [3.63, 3.8) is 0 Å². The molecule has 0 radical (unpaired) electrons. The van der Waals surface area contributed by atoms with Gasteiger partial charge in [-0.05, 0) is 12.8 Å². The van der Waals surface area contributed by atoms with E-state index in [0.29, 0.717) is 11.7 Å². The molecule has 1 aromatic rings. The van der Waals surface area contributed by atoms with Gasteiger partial charge in [-0.1, -0.05) is 13.8 Å². The molecule has 1 amide bonds. The molecule has 0 aromatic carbocycles. The number of rotatable bonds is 4. The van der Waals surface area contributed by atoms with Gasteiger partial charge in [0, 0.05) is 25.9 Å². The van der Waals surface area contributed by atoms with Crippen LogP contribution >= 0.6 is 0 Å². The maximum atomic E-state index is 11.7. The second kappa shape index (κ2) is 5.61. The van der Waals surface area contributed by atoms with E-state index in [2.05, 4.69) is 29.1 Å². The van der Waals surface area contributed by atoms with Crippen LogP contribution < -0.4 is 5.32 Å². The summed E-state index contributed by atoms with van der Waals surface area (Å²) in [5.41, 5.74) is 0.965. The van der Waals surface area contributed by atoms with Crippen molar-refractivity contribution in [1.82, 2.24) is 14.9 Å². The van der Waals surface area contributed by atoms with Crippen LogP contribution in [0.2, 0.25) is 0 Å². The van der Waals surface area contributed by atoms with E-state index < -0.39 is 0 Å². The Kier molecular flexibility index (Phi) is 4.43. The van der Waals surface area contributed by atoms with E-state index in [-0.39, 0.29) is 11.9 Å². The minimum absolute atomic E-state index is 0.0229. The van der Waals surface area contributed by atoms with Crippen molar-refractivity contribution in [3.8, 4) is 0 Å². The Hall–Kier alpha value is -1.65. The number of nitrogens with one attached hydrogen (secondary N) is 1. The Morgan fingerprint density at radius 1 is 1.29 bits per heavy atom. The van der Waals surface area contributed by atoms with Gasteiger partial charge in [0.05, 0.1) is 0 Å². The van der Waals surface area contributed by atoms with E-state index in [0.717, 1.165) is 5.69 Å². The molecular weight excluding hydrogens is 216 g/mol. The molecule has 5 heteroatoms. The molecule has 1 N–H and O–H groups in total. The predicted octanol–water partition coefficient (Wildman–Crippen LogP) is 1.49. The lowest BCUT2D eigenvalue weighted by Crippen LogP contribution is -2.36. The summed E-state index contributed by atoms with van der Waals surface area (Å²) in [4.78, 5) is 21.5. The number of anilines is 1. The summed E-state index contributed by atoms with van der Waals surface area (Å²) < 4.78 is 0. The minimum atomic E-state index is -0.292. The molecule has 0 aliphatic heterocycles. The molecule has 5 nitrogen and oxygen atoms in total. The van der Waals surface area contributed by atoms with Crippen molar-refractivity contribution in [1.29, 1.82) is 0 Å². The Morgan fingerprint density at radius 2 is 1.94 bits per heavy atom. The first kappa shape index (κ1) is 13.4. The molecule has 1 unspecified atom stereocenters. The van der Waals surface area contributed by atoms with E-state index in [4.69, 9.17) is 0 Å². The number of aromatic nitrogens is 2. The van der Waals surface area contributed by atoms with Crippen LogP contribution in [-0.2, 0) is 4.79 Å². The van der Waals surface area contributed by atoms with E-state index in [1.807, 2.05) is 13.0 Å². The van der Waals surface area contributed by atoms with E-state index in [1.165, 1.54) is 6.33 Å². The lowest BCUT2D eigenvalue weighted by Gasteiger charge is -2.18.